The van der Waals surface area contributed by atoms with E-state index in [4.69, 9.17) is 18.7 Å². The van der Waals surface area contributed by atoms with Crippen LogP contribution in [0.4, 0.5) is 0 Å². The van der Waals surface area contributed by atoms with Gasteiger partial charge in [0, 0.05) is 18.7 Å². The van der Waals surface area contributed by atoms with Gasteiger partial charge in [0.1, 0.15) is 5.75 Å². The summed E-state index contributed by atoms with van der Waals surface area (Å²) < 4.78 is 21.1. The number of nitrogens with zero attached hydrogens (tertiary/aromatic N) is 3. The van der Waals surface area contributed by atoms with Crippen molar-refractivity contribution in [3.8, 4) is 28.6 Å². The average Bonchev–Trinajstić information content (AvgIpc) is 3.41. The van der Waals surface area contributed by atoms with Gasteiger partial charge in [-0.1, -0.05) is 23.4 Å². The Morgan fingerprint density at radius 1 is 1.21 bits per heavy atom. The summed E-state index contributed by atoms with van der Waals surface area (Å²) in [4.78, 5) is 18.2. The molecule has 0 radical (unpaired) electrons. The van der Waals surface area contributed by atoms with E-state index in [2.05, 4.69) is 10.1 Å². The third-order valence-electron chi connectivity index (χ3n) is 4.36. The van der Waals surface area contributed by atoms with E-state index in [0.29, 0.717) is 29.0 Å². The molecule has 0 spiro atoms. The first-order valence-corrected chi connectivity index (χ1v) is 8.92. The van der Waals surface area contributed by atoms with Crippen molar-refractivity contribution in [1.29, 1.82) is 0 Å². The molecule has 8 nitrogen and oxygen atoms in total. The van der Waals surface area contributed by atoms with E-state index in [1.165, 1.54) is 11.0 Å². The van der Waals surface area contributed by atoms with Crippen LogP contribution in [0.3, 0.4) is 0 Å². The topological polar surface area (TPSA) is 86.9 Å². The van der Waals surface area contributed by atoms with Gasteiger partial charge in [0.05, 0.1) is 13.7 Å². The van der Waals surface area contributed by atoms with Crippen molar-refractivity contribution in [3.05, 3.63) is 60.0 Å². The van der Waals surface area contributed by atoms with Crippen LogP contribution in [-0.4, -0.2) is 41.9 Å². The Bertz CT molecular complexity index is 1060. The van der Waals surface area contributed by atoms with Gasteiger partial charge in [-0.3, -0.25) is 4.79 Å². The van der Waals surface area contributed by atoms with Crippen LogP contribution >= 0.6 is 0 Å². The summed E-state index contributed by atoms with van der Waals surface area (Å²) in [7, 11) is 3.26. The highest BCUT2D eigenvalue weighted by Crippen LogP contribution is 2.32. The SMILES string of the molecule is COc1cccc(-c2noc(CN(C)C(=O)/C=C/c3ccc4c(c3)OCO4)n2)c1. The second kappa shape index (κ2) is 8.05. The largest absolute Gasteiger partial charge is 0.497 e. The molecule has 0 N–H and O–H groups in total. The third kappa shape index (κ3) is 4.21. The number of amides is 1. The highest BCUT2D eigenvalue weighted by Gasteiger charge is 2.15. The number of methoxy groups -OCH3 is 1. The van der Waals surface area contributed by atoms with Crippen molar-refractivity contribution < 1.29 is 23.5 Å². The molecule has 0 fully saturated rings. The van der Waals surface area contributed by atoms with Gasteiger partial charge in [-0.2, -0.15) is 4.98 Å². The standard InChI is InChI=1S/C21H19N3O5/c1-24(20(25)9-7-14-6-8-17-18(10-14)28-13-27-17)12-19-22-21(23-29-19)15-4-3-5-16(11-15)26-2/h3-11H,12-13H2,1-2H3/b9-7+. The fraction of sp³-hybridized carbons (Fsp3) is 0.190. The zero-order chi connectivity index (χ0) is 20.2. The number of fused-ring (bicyclic) bond motifs is 1. The van der Waals surface area contributed by atoms with Crippen LogP contribution in [0.1, 0.15) is 11.5 Å². The Hall–Kier alpha value is -3.81. The second-order valence-corrected chi connectivity index (χ2v) is 6.38. The zero-order valence-corrected chi connectivity index (χ0v) is 16.0. The quantitative estimate of drug-likeness (QED) is 0.595. The number of likely N-dealkylation sites (N-methyl/N-ethyl adjacent to an activating group) is 1. The summed E-state index contributed by atoms with van der Waals surface area (Å²) in [5.74, 6) is 2.67. The third-order valence-corrected chi connectivity index (χ3v) is 4.36. The van der Waals surface area contributed by atoms with Crippen LogP contribution in [0.2, 0.25) is 0 Å². The molecule has 4 rings (SSSR count). The predicted octanol–water partition coefficient (Wildman–Crippen LogP) is 3.15. The highest BCUT2D eigenvalue weighted by molar-refractivity contribution is 5.91. The van der Waals surface area contributed by atoms with E-state index in [0.717, 1.165) is 11.1 Å². The minimum Gasteiger partial charge on any atom is -0.497 e. The lowest BCUT2D eigenvalue weighted by Crippen LogP contribution is -2.24. The molecular formula is C21H19N3O5. The number of carbonyl (C=O) groups is 1. The van der Waals surface area contributed by atoms with Crippen molar-refractivity contribution in [1.82, 2.24) is 15.0 Å². The Kier molecular flexibility index (Phi) is 5.15. The van der Waals surface area contributed by atoms with E-state index in [9.17, 15) is 4.79 Å². The Morgan fingerprint density at radius 2 is 2.07 bits per heavy atom. The lowest BCUT2D eigenvalue weighted by atomic mass is 10.2. The maximum atomic E-state index is 12.4. The van der Waals surface area contributed by atoms with E-state index < -0.39 is 0 Å². The molecule has 3 aromatic rings. The summed E-state index contributed by atoms with van der Waals surface area (Å²) in [6.45, 7) is 0.410. The molecule has 0 saturated heterocycles. The molecule has 8 heteroatoms. The van der Waals surface area contributed by atoms with Gasteiger partial charge < -0.3 is 23.6 Å². The molecule has 1 aromatic heterocycles. The summed E-state index contributed by atoms with van der Waals surface area (Å²) >= 11 is 0. The van der Waals surface area contributed by atoms with Crippen molar-refractivity contribution in [2.45, 2.75) is 6.54 Å². The number of benzene rings is 2. The van der Waals surface area contributed by atoms with E-state index in [1.54, 1.807) is 20.2 Å². The van der Waals surface area contributed by atoms with Crippen LogP contribution < -0.4 is 14.2 Å². The maximum Gasteiger partial charge on any atom is 0.246 e. The number of hydrogen-bond donors (Lipinski definition) is 0. The minimum atomic E-state index is -0.191. The van der Waals surface area contributed by atoms with Gasteiger partial charge >= 0.3 is 0 Å². The number of carbonyl (C=O) groups excluding carboxylic acids is 1. The molecule has 0 bridgehead atoms. The smallest absolute Gasteiger partial charge is 0.246 e. The van der Waals surface area contributed by atoms with Gasteiger partial charge in [0.25, 0.3) is 0 Å². The number of rotatable bonds is 6. The molecule has 1 aliphatic rings. The monoisotopic (exact) mass is 393 g/mol. The van der Waals surface area contributed by atoms with Gasteiger partial charge in [-0.25, -0.2) is 0 Å². The van der Waals surface area contributed by atoms with Crippen LogP contribution in [0, 0.1) is 0 Å². The molecule has 0 atom stereocenters. The normalized spacial score (nSPS) is 12.3. The van der Waals surface area contributed by atoms with Crippen molar-refractivity contribution >= 4 is 12.0 Å². The summed E-state index contributed by atoms with van der Waals surface area (Å²) in [5.41, 5.74) is 1.62. The Balaban J connectivity index is 1.39. The zero-order valence-electron chi connectivity index (χ0n) is 16.0. The van der Waals surface area contributed by atoms with Gasteiger partial charge in [-0.15, -0.1) is 0 Å². The molecule has 29 heavy (non-hydrogen) atoms. The van der Waals surface area contributed by atoms with Crippen molar-refractivity contribution in [2.75, 3.05) is 21.0 Å². The van der Waals surface area contributed by atoms with E-state index >= 15 is 0 Å². The number of hydrogen-bond acceptors (Lipinski definition) is 7. The minimum absolute atomic E-state index is 0.191. The first kappa shape index (κ1) is 18.5. The van der Waals surface area contributed by atoms with Gasteiger partial charge in [-0.05, 0) is 35.9 Å². The van der Waals surface area contributed by atoms with Gasteiger partial charge in [0.15, 0.2) is 11.5 Å². The Morgan fingerprint density at radius 3 is 2.93 bits per heavy atom. The van der Waals surface area contributed by atoms with Gasteiger partial charge in [0.2, 0.25) is 24.4 Å². The maximum absolute atomic E-state index is 12.4. The summed E-state index contributed by atoms with van der Waals surface area (Å²) in [6.07, 6.45) is 3.20. The molecule has 0 saturated carbocycles. The first-order chi connectivity index (χ1) is 14.1. The average molecular weight is 393 g/mol. The number of ether oxygens (including phenoxy) is 3. The molecular weight excluding hydrogens is 374 g/mol. The summed E-state index contributed by atoms with van der Waals surface area (Å²) in [6, 6.07) is 12.9. The van der Waals surface area contributed by atoms with Crippen molar-refractivity contribution in [3.63, 3.8) is 0 Å². The highest BCUT2D eigenvalue weighted by atomic mass is 16.7. The lowest BCUT2D eigenvalue weighted by Gasteiger charge is -2.11. The van der Waals surface area contributed by atoms with Crippen molar-refractivity contribution in [2.24, 2.45) is 0 Å². The molecule has 1 aliphatic heterocycles. The molecule has 0 aliphatic carbocycles. The molecule has 0 unspecified atom stereocenters. The second-order valence-electron chi connectivity index (χ2n) is 6.38. The molecule has 1 amide bonds. The van der Waals surface area contributed by atoms with Crippen LogP contribution in [0.15, 0.2) is 53.1 Å². The van der Waals surface area contributed by atoms with E-state index in [-0.39, 0.29) is 19.2 Å². The van der Waals surface area contributed by atoms with E-state index in [1.807, 2.05) is 42.5 Å². The molecule has 148 valence electrons. The first-order valence-electron chi connectivity index (χ1n) is 8.92. The fourth-order valence-corrected chi connectivity index (χ4v) is 2.79. The Labute approximate surface area is 167 Å². The molecule has 2 heterocycles. The predicted molar refractivity (Wildman–Crippen MR) is 104 cm³/mol. The number of aromatic nitrogens is 2. The van der Waals surface area contributed by atoms with Crippen LogP contribution in [0.25, 0.3) is 17.5 Å². The molecule has 2 aromatic carbocycles. The lowest BCUT2D eigenvalue weighted by molar-refractivity contribution is -0.125. The summed E-state index contributed by atoms with van der Waals surface area (Å²) in [5, 5.41) is 3.98. The fourth-order valence-electron chi connectivity index (χ4n) is 2.79. The van der Waals surface area contributed by atoms with Crippen LogP contribution in [-0.2, 0) is 11.3 Å². The van der Waals surface area contributed by atoms with Crippen LogP contribution in [0.5, 0.6) is 17.2 Å².